The first-order valence-electron chi connectivity index (χ1n) is 5.55. The van der Waals surface area contributed by atoms with Crippen molar-refractivity contribution in [2.45, 2.75) is 39.7 Å². The zero-order valence-electron chi connectivity index (χ0n) is 9.51. The first kappa shape index (κ1) is 11.3. The van der Waals surface area contributed by atoms with Crippen LogP contribution in [0.1, 0.15) is 31.4 Å². The van der Waals surface area contributed by atoms with Gasteiger partial charge in [-0.1, -0.05) is 43.7 Å². The van der Waals surface area contributed by atoms with Gasteiger partial charge in [-0.25, -0.2) is 0 Å². The molecular formula is C13H21N. The first-order valence-corrected chi connectivity index (χ1v) is 5.55. The summed E-state index contributed by atoms with van der Waals surface area (Å²) in [5.41, 5.74) is 2.77. The topological polar surface area (TPSA) is 12.0 Å². The van der Waals surface area contributed by atoms with Crippen molar-refractivity contribution in [1.82, 2.24) is 5.32 Å². The van der Waals surface area contributed by atoms with Gasteiger partial charge in [-0.15, -0.1) is 0 Å². The predicted octanol–water partition coefficient (Wildman–Crippen LogP) is 2.93. The standard InChI is InChI=1S/C13H21N/c1-4-13(14-5-2)10-12-8-6-11(3)7-9-12/h6-9,13-14H,4-5,10H2,1-3H3. The van der Waals surface area contributed by atoms with Crippen LogP contribution in [-0.2, 0) is 6.42 Å². The van der Waals surface area contributed by atoms with Gasteiger partial charge in [0.05, 0.1) is 0 Å². The zero-order valence-corrected chi connectivity index (χ0v) is 9.51. The zero-order chi connectivity index (χ0) is 10.4. The maximum atomic E-state index is 3.50. The van der Waals surface area contributed by atoms with Crippen LogP contribution < -0.4 is 5.32 Å². The maximum Gasteiger partial charge on any atom is 0.0105 e. The molecule has 1 heteroatoms. The molecule has 1 unspecified atom stereocenters. The molecule has 0 bridgehead atoms. The van der Waals surface area contributed by atoms with Gasteiger partial charge in [0.15, 0.2) is 0 Å². The van der Waals surface area contributed by atoms with Crippen molar-refractivity contribution in [1.29, 1.82) is 0 Å². The second-order valence-corrected chi connectivity index (χ2v) is 3.85. The molecule has 0 aromatic heterocycles. The molecule has 0 saturated heterocycles. The SMILES string of the molecule is CCNC(CC)Cc1ccc(C)cc1. The largest absolute Gasteiger partial charge is 0.314 e. The summed E-state index contributed by atoms with van der Waals surface area (Å²) in [6, 6.07) is 9.47. The quantitative estimate of drug-likeness (QED) is 0.754. The van der Waals surface area contributed by atoms with Gasteiger partial charge in [-0.2, -0.15) is 0 Å². The Morgan fingerprint density at radius 3 is 2.29 bits per heavy atom. The fourth-order valence-electron chi connectivity index (χ4n) is 1.66. The number of hydrogen-bond acceptors (Lipinski definition) is 1. The Balaban J connectivity index is 2.53. The number of rotatable bonds is 5. The van der Waals surface area contributed by atoms with E-state index in [1.165, 1.54) is 17.5 Å². The third kappa shape index (κ3) is 3.51. The molecule has 14 heavy (non-hydrogen) atoms. The van der Waals surface area contributed by atoms with E-state index in [0.29, 0.717) is 6.04 Å². The molecule has 0 aliphatic heterocycles. The summed E-state index contributed by atoms with van der Waals surface area (Å²) in [6.07, 6.45) is 2.34. The molecule has 1 rings (SSSR count). The summed E-state index contributed by atoms with van der Waals surface area (Å²) >= 11 is 0. The molecular weight excluding hydrogens is 170 g/mol. The average Bonchev–Trinajstić information content (AvgIpc) is 2.20. The first-order chi connectivity index (χ1) is 6.76. The number of nitrogens with one attached hydrogen (secondary N) is 1. The normalized spacial score (nSPS) is 12.8. The van der Waals surface area contributed by atoms with Gasteiger partial charge in [-0.3, -0.25) is 0 Å². The molecule has 0 heterocycles. The Morgan fingerprint density at radius 1 is 1.14 bits per heavy atom. The molecule has 78 valence electrons. The van der Waals surface area contributed by atoms with Gasteiger partial charge in [0, 0.05) is 6.04 Å². The Bertz CT molecular complexity index is 250. The van der Waals surface area contributed by atoms with Crippen LogP contribution in [0.3, 0.4) is 0 Å². The molecule has 0 aliphatic carbocycles. The fraction of sp³-hybridized carbons (Fsp3) is 0.538. The average molecular weight is 191 g/mol. The minimum Gasteiger partial charge on any atom is -0.314 e. The number of aryl methyl sites for hydroxylation is 1. The van der Waals surface area contributed by atoms with Crippen molar-refractivity contribution in [3.8, 4) is 0 Å². The Labute approximate surface area is 87.5 Å². The number of benzene rings is 1. The Hall–Kier alpha value is -0.820. The Kier molecular flexibility index (Phi) is 4.68. The van der Waals surface area contributed by atoms with E-state index in [2.05, 4.69) is 50.4 Å². The fourth-order valence-corrected chi connectivity index (χ4v) is 1.66. The molecule has 1 N–H and O–H groups in total. The molecule has 0 aliphatic rings. The van der Waals surface area contributed by atoms with Crippen molar-refractivity contribution in [3.63, 3.8) is 0 Å². The summed E-state index contributed by atoms with van der Waals surface area (Å²) in [5, 5.41) is 3.50. The van der Waals surface area contributed by atoms with Crippen molar-refractivity contribution in [2.75, 3.05) is 6.54 Å². The van der Waals surface area contributed by atoms with E-state index in [9.17, 15) is 0 Å². The van der Waals surface area contributed by atoms with E-state index in [-0.39, 0.29) is 0 Å². The predicted molar refractivity (Wildman–Crippen MR) is 62.6 cm³/mol. The van der Waals surface area contributed by atoms with Crippen LogP contribution in [0.4, 0.5) is 0 Å². The van der Waals surface area contributed by atoms with Gasteiger partial charge in [0.25, 0.3) is 0 Å². The van der Waals surface area contributed by atoms with Gasteiger partial charge in [0.2, 0.25) is 0 Å². The lowest BCUT2D eigenvalue weighted by atomic mass is 10.0. The summed E-state index contributed by atoms with van der Waals surface area (Å²) in [4.78, 5) is 0. The van der Waals surface area contributed by atoms with Gasteiger partial charge in [0.1, 0.15) is 0 Å². The van der Waals surface area contributed by atoms with Crippen molar-refractivity contribution in [3.05, 3.63) is 35.4 Å². The highest BCUT2D eigenvalue weighted by molar-refractivity contribution is 5.22. The lowest BCUT2D eigenvalue weighted by molar-refractivity contribution is 0.510. The van der Waals surface area contributed by atoms with Crippen LogP contribution in [0, 0.1) is 6.92 Å². The van der Waals surface area contributed by atoms with E-state index in [1.807, 2.05) is 0 Å². The number of hydrogen-bond donors (Lipinski definition) is 1. The third-order valence-corrected chi connectivity index (χ3v) is 2.59. The lowest BCUT2D eigenvalue weighted by Crippen LogP contribution is -2.30. The van der Waals surface area contributed by atoms with Crippen molar-refractivity contribution < 1.29 is 0 Å². The molecule has 0 radical (unpaired) electrons. The van der Waals surface area contributed by atoms with E-state index in [4.69, 9.17) is 0 Å². The second-order valence-electron chi connectivity index (χ2n) is 3.85. The van der Waals surface area contributed by atoms with Crippen molar-refractivity contribution >= 4 is 0 Å². The monoisotopic (exact) mass is 191 g/mol. The van der Waals surface area contributed by atoms with Crippen LogP contribution >= 0.6 is 0 Å². The lowest BCUT2D eigenvalue weighted by Gasteiger charge is -2.15. The minimum atomic E-state index is 0.628. The van der Waals surface area contributed by atoms with E-state index >= 15 is 0 Å². The van der Waals surface area contributed by atoms with E-state index in [1.54, 1.807) is 0 Å². The van der Waals surface area contributed by atoms with Crippen molar-refractivity contribution in [2.24, 2.45) is 0 Å². The van der Waals surface area contributed by atoms with Gasteiger partial charge in [-0.05, 0) is 31.9 Å². The summed E-state index contributed by atoms with van der Waals surface area (Å²) in [5.74, 6) is 0. The third-order valence-electron chi connectivity index (χ3n) is 2.59. The number of likely N-dealkylation sites (N-methyl/N-ethyl adjacent to an activating group) is 1. The molecule has 1 aromatic rings. The van der Waals surface area contributed by atoms with Crippen LogP contribution in [-0.4, -0.2) is 12.6 Å². The minimum absolute atomic E-state index is 0.628. The molecule has 1 nitrogen and oxygen atoms in total. The molecule has 1 atom stereocenters. The van der Waals surface area contributed by atoms with Crippen LogP contribution in [0.2, 0.25) is 0 Å². The van der Waals surface area contributed by atoms with Gasteiger partial charge >= 0.3 is 0 Å². The highest BCUT2D eigenvalue weighted by Crippen LogP contribution is 2.07. The van der Waals surface area contributed by atoms with Crippen LogP contribution in [0.5, 0.6) is 0 Å². The van der Waals surface area contributed by atoms with Gasteiger partial charge < -0.3 is 5.32 Å². The smallest absolute Gasteiger partial charge is 0.0105 e. The molecule has 0 saturated carbocycles. The highest BCUT2D eigenvalue weighted by atomic mass is 14.9. The van der Waals surface area contributed by atoms with Crippen LogP contribution in [0.15, 0.2) is 24.3 Å². The summed E-state index contributed by atoms with van der Waals surface area (Å²) in [6.45, 7) is 7.59. The summed E-state index contributed by atoms with van der Waals surface area (Å²) < 4.78 is 0. The molecule has 0 spiro atoms. The summed E-state index contributed by atoms with van der Waals surface area (Å²) in [7, 11) is 0. The second kappa shape index (κ2) is 5.82. The molecule has 1 aromatic carbocycles. The van der Waals surface area contributed by atoms with Crippen LogP contribution in [0.25, 0.3) is 0 Å². The van der Waals surface area contributed by atoms with E-state index in [0.717, 1.165) is 13.0 Å². The molecule has 0 fully saturated rings. The maximum absolute atomic E-state index is 3.50. The Morgan fingerprint density at radius 2 is 1.79 bits per heavy atom. The molecule has 0 amide bonds. The highest BCUT2D eigenvalue weighted by Gasteiger charge is 2.04. The van der Waals surface area contributed by atoms with E-state index < -0.39 is 0 Å².